The highest BCUT2D eigenvalue weighted by Gasteiger charge is 2.08. The molecule has 0 aromatic carbocycles. The first-order valence-corrected chi connectivity index (χ1v) is 4.91. The zero-order valence-electron chi connectivity index (χ0n) is 8.97. The quantitative estimate of drug-likeness (QED) is 0.657. The Balaban J connectivity index is 2.18. The van der Waals surface area contributed by atoms with Crippen molar-refractivity contribution in [3.05, 3.63) is 24.4 Å². The van der Waals surface area contributed by atoms with Crippen molar-refractivity contribution in [3.63, 3.8) is 0 Å². The monoisotopic (exact) mass is 214 g/mol. The molecule has 0 aliphatic carbocycles. The number of nitrogens with zero attached hydrogens (tertiary/aromatic N) is 5. The molecule has 0 unspecified atom stereocenters. The fraction of sp³-hybridized carbons (Fsp3) is 0.200. The summed E-state index contributed by atoms with van der Waals surface area (Å²) in [7, 11) is 1.87. The van der Waals surface area contributed by atoms with Crippen molar-refractivity contribution < 1.29 is 0 Å². The lowest BCUT2D eigenvalue weighted by atomic mass is 10.3. The number of aromatic nitrogens is 6. The van der Waals surface area contributed by atoms with Crippen LogP contribution in [0.15, 0.2) is 18.6 Å². The molecular weight excluding hydrogens is 204 g/mol. The third kappa shape index (κ3) is 1.35. The largest absolute Gasteiger partial charge is 0.335 e. The Morgan fingerprint density at radius 2 is 2.12 bits per heavy atom. The van der Waals surface area contributed by atoms with Gasteiger partial charge in [-0.1, -0.05) is 0 Å². The highest BCUT2D eigenvalue weighted by molar-refractivity contribution is 5.74. The van der Waals surface area contributed by atoms with Gasteiger partial charge in [-0.15, -0.1) is 0 Å². The van der Waals surface area contributed by atoms with Gasteiger partial charge >= 0.3 is 0 Å². The molecule has 3 aromatic heterocycles. The third-order valence-corrected chi connectivity index (χ3v) is 2.34. The van der Waals surface area contributed by atoms with E-state index in [9.17, 15) is 0 Å². The lowest BCUT2D eigenvalue weighted by molar-refractivity contribution is 0.768. The van der Waals surface area contributed by atoms with Crippen molar-refractivity contribution in [3.8, 4) is 11.4 Å². The number of aromatic amines is 1. The van der Waals surface area contributed by atoms with Crippen LogP contribution in [0.2, 0.25) is 0 Å². The lowest BCUT2D eigenvalue weighted by Crippen LogP contribution is -1.85. The van der Waals surface area contributed by atoms with Crippen LogP contribution in [-0.2, 0) is 7.05 Å². The smallest absolute Gasteiger partial charge is 0.181 e. The number of H-pyrrole nitrogens is 1. The second-order valence-corrected chi connectivity index (χ2v) is 3.64. The van der Waals surface area contributed by atoms with Crippen LogP contribution in [-0.4, -0.2) is 29.7 Å². The zero-order valence-corrected chi connectivity index (χ0v) is 8.97. The predicted molar refractivity (Wildman–Crippen MR) is 58.6 cm³/mol. The van der Waals surface area contributed by atoms with Gasteiger partial charge in [0.1, 0.15) is 17.2 Å². The molecular formula is C10H10N6. The van der Waals surface area contributed by atoms with E-state index in [0.717, 1.165) is 22.7 Å². The summed E-state index contributed by atoms with van der Waals surface area (Å²) >= 11 is 0. The Hall–Kier alpha value is -2.24. The minimum atomic E-state index is 0.686. The molecule has 6 heteroatoms. The second kappa shape index (κ2) is 3.13. The number of hydrogen-bond acceptors (Lipinski definition) is 4. The van der Waals surface area contributed by atoms with Gasteiger partial charge < -0.3 is 4.98 Å². The number of nitrogens with one attached hydrogen (secondary N) is 1. The molecule has 80 valence electrons. The van der Waals surface area contributed by atoms with Gasteiger partial charge in [0.25, 0.3) is 0 Å². The fourth-order valence-corrected chi connectivity index (χ4v) is 1.57. The van der Waals surface area contributed by atoms with Crippen molar-refractivity contribution in [2.75, 3.05) is 0 Å². The predicted octanol–water partition coefficient (Wildman–Crippen LogP) is 1.06. The number of fused-ring (bicyclic) bond motifs is 1. The molecule has 0 atom stereocenters. The first-order valence-electron chi connectivity index (χ1n) is 4.91. The molecule has 16 heavy (non-hydrogen) atoms. The Morgan fingerprint density at radius 3 is 2.88 bits per heavy atom. The Morgan fingerprint density at radius 1 is 1.25 bits per heavy atom. The van der Waals surface area contributed by atoms with Crippen LogP contribution in [0.25, 0.3) is 22.6 Å². The summed E-state index contributed by atoms with van der Waals surface area (Å²) in [6.07, 6.45) is 5.40. The number of imidazole rings is 1. The lowest BCUT2D eigenvalue weighted by Gasteiger charge is -1.87. The molecule has 3 heterocycles. The summed E-state index contributed by atoms with van der Waals surface area (Å²) in [6, 6.07) is 0. The maximum Gasteiger partial charge on any atom is 0.181 e. The maximum atomic E-state index is 4.40. The standard InChI is InChI=1S/C10H10N6/c1-6-11-4-8-10(13-6)15-9(14-8)7-3-12-16(2)5-7/h3-5H,1-2H3,(H,11,13,14,15). The highest BCUT2D eigenvalue weighted by Crippen LogP contribution is 2.17. The Bertz CT molecular complexity index is 650. The minimum Gasteiger partial charge on any atom is -0.335 e. The SMILES string of the molecule is Cc1ncc2[nH]c(-c3cnn(C)c3)nc2n1. The Labute approximate surface area is 91.4 Å². The average molecular weight is 214 g/mol. The van der Waals surface area contributed by atoms with E-state index in [1.807, 2.05) is 20.2 Å². The molecule has 6 nitrogen and oxygen atoms in total. The van der Waals surface area contributed by atoms with Crippen LogP contribution in [0.5, 0.6) is 0 Å². The molecule has 0 aliphatic rings. The first kappa shape index (κ1) is 9.02. The molecule has 0 saturated carbocycles. The number of hydrogen-bond donors (Lipinski definition) is 1. The van der Waals surface area contributed by atoms with Crippen molar-refractivity contribution >= 4 is 11.2 Å². The molecule has 3 rings (SSSR count). The summed E-state index contributed by atoms with van der Waals surface area (Å²) in [5.74, 6) is 1.49. The van der Waals surface area contributed by atoms with Crippen LogP contribution >= 0.6 is 0 Å². The highest BCUT2D eigenvalue weighted by atomic mass is 15.2. The minimum absolute atomic E-state index is 0.686. The summed E-state index contributed by atoms with van der Waals surface area (Å²) in [4.78, 5) is 15.9. The van der Waals surface area contributed by atoms with E-state index in [-0.39, 0.29) is 0 Å². The van der Waals surface area contributed by atoms with Crippen LogP contribution in [0.1, 0.15) is 5.82 Å². The number of rotatable bonds is 1. The van der Waals surface area contributed by atoms with Crippen molar-refractivity contribution in [2.45, 2.75) is 6.92 Å². The van der Waals surface area contributed by atoms with Crippen molar-refractivity contribution in [1.29, 1.82) is 0 Å². The molecule has 0 spiro atoms. The van der Waals surface area contributed by atoms with Crippen LogP contribution in [0, 0.1) is 6.92 Å². The van der Waals surface area contributed by atoms with Crippen LogP contribution < -0.4 is 0 Å². The van der Waals surface area contributed by atoms with Gasteiger partial charge in [-0.3, -0.25) is 4.68 Å². The van der Waals surface area contributed by atoms with E-state index in [1.165, 1.54) is 0 Å². The van der Waals surface area contributed by atoms with Gasteiger partial charge in [-0.2, -0.15) is 5.10 Å². The first-order chi connectivity index (χ1) is 7.72. The van der Waals surface area contributed by atoms with Gasteiger partial charge in [0.2, 0.25) is 0 Å². The molecule has 0 amide bonds. The molecule has 0 saturated heterocycles. The van der Waals surface area contributed by atoms with Gasteiger partial charge in [0, 0.05) is 13.2 Å². The molecule has 0 bridgehead atoms. The fourth-order valence-electron chi connectivity index (χ4n) is 1.57. The van der Waals surface area contributed by atoms with E-state index in [0.29, 0.717) is 5.65 Å². The van der Waals surface area contributed by atoms with E-state index < -0.39 is 0 Å². The van der Waals surface area contributed by atoms with Gasteiger partial charge in [-0.05, 0) is 6.92 Å². The summed E-state index contributed by atoms with van der Waals surface area (Å²) in [5.41, 5.74) is 2.47. The van der Waals surface area contributed by atoms with E-state index in [4.69, 9.17) is 0 Å². The second-order valence-electron chi connectivity index (χ2n) is 3.64. The molecule has 1 N–H and O–H groups in total. The van der Waals surface area contributed by atoms with Crippen molar-refractivity contribution in [2.24, 2.45) is 7.05 Å². The van der Waals surface area contributed by atoms with E-state index >= 15 is 0 Å². The Kier molecular flexibility index (Phi) is 1.76. The zero-order chi connectivity index (χ0) is 11.1. The normalized spacial score (nSPS) is 11.1. The summed E-state index contributed by atoms with van der Waals surface area (Å²) < 4.78 is 1.74. The summed E-state index contributed by atoms with van der Waals surface area (Å²) in [6.45, 7) is 1.85. The molecule has 3 aromatic rings. The average Bonchev–Trinajstić information content (AvgIpc) is 2.83. The summed E-state index contributed by atoms with van der Waals surface area (Å²) in [5, 5.41) is 4.10. The van der Waals surface area contributed by atoms with Gasteiger partial charge in [0.15, 0.2) is 5.65 Å². The van der Waals surface area contributed by atoms with Crippen molar-refractivity contribution in [1.82, 2.24) is 29.7 Å². The van der Waals surface area contributed by atoms with Crippen LogP contribution in [0.4, 0.5) is 0 Å². The van der Waals surface area contributed by atoms with Crippen LogP contribution in [0.3, 0.4) is 0 Å². The molecule has 0 aliphatic heterocycles. The topological polar surface area (TPSA) is 72.3 Å². The molecule has 0 fully saturated rings. The maximum absolute atomic E-state index is 4.40. The van der Waals surface area contributed by atoms with Gasteiger partial charge in [-0.25, -0.2) is 15.0 Å². The molecule has 0 radical (unpaired) electrons. The third-order valence-electron chi connectivity index (χ3n) is 2.34. The number of aryl methyl sites for hydroxylation is 2. The van der Waals surface area contributed by atoms with E-state index in [1.54, 1.807) is 17.1 Å². The van der Waals surface area contributed by atoms with E-state index in [2.05, 4.69) is 25.0 Å². The van der Waals surface area contributed by atoms with Gasteiger partial charge in [0.05, 0.1) is 18.0 Å².